The second-order valence-corrected chi connectivity index (χ2v) is 4.33. The second kappa shape index (κ2) is 4.43. The van der Waals surface area contributed by atoms with Crippen molar-refractivity contribution in [2.75, 3.05) is 19.7 Å². The Morgan fingerprint density at radius 3 is 2.31 bits per heavy atom. The molecular weight excluding hydrogens is 162 g/mol. The first-order valence-electron chi connectivity index (χ1n) is 5.49. The third kappa shape index (κ3) is 2.23. The van der Waals surface area contributed by atoms with Gasteiger partial charge in [-0.15, -0.1) is 0 Å². The summed E-state index contributed by atoms with van der Waals surface area (Å²) in [4.78, 5) is 2.49. The normalized spacial score (nSPS) is 24.2. The summed E-state index contributed by atoms with van der Waals surface area (Å²) in [6, 6.07) is 0. The predicted octanol–water partition coefficient (Wildman–Crippen LogP) is 2.29. The van der Waals surface area contributed by atoms with E-state index < -0.39 is 0 Å². The molecule has 1 heterocycles. The molecule has 1 aliphatic heterocycles. The van der Waals surface area contributed by atoms with Crippen LogP contribution in [-0.2, 0) is 4.74 Å². The van der Waals surface area contributed by atoms with Gasteiger partial charge in [0.1, 0.15) is 0 Å². The van der Waals surface area contributed by atoms with Gasteiger partial charge < -0.3 is 4.74 Å². The summed E-state index contributed by atoms with van der Waals surface area (Å²) in [6.07, 6.45) is 2.89. The molecule has 1 saturated heterocycles. The first-order valence-corrected chi connectivity index (χ1v) is 5.49. The highest BCUT2D eigenvalue weighted by atomic mass is 16.5. The first-order chi connectivity index (χ1) is 6.12. The SMILES string of the molecule is CCN(CC)C(C)(C)C1CCCO1. The van der Waals surface area contributed by atoms with Gasteiger partial charge in [-0.2, -0.15) is 0 Å². The lowest BCUT2D eigenvalue weighted by Gasteiger charge is -2.41. The average Bonchev–Trinajstić information content (AvgIpc) is 2.58. The molecule has 78 valence electrons. The molecule has 1 rings (SSSR count). The molecule has 1 aliphatic rings. The third-order valence-corrected chi connectivity index (χ3v) is 3.30. The Labute approximate surface area is 82.3 Å². The van der Waals surface area contributed by atoms with Crippen LogP contribution in [0.3, 0.4) is 0 Å². The summed E-state index contributed by atoms with van der Waals surface area (Å²) < 4.78 is 5.76. The monoisotopic (exact) mass is 185 g/mol. The second-order valence-electron chi connectivity index (χ2n) is 4.33. The van der Waals surface area contributed by atoms with Gasteiger partial charge in [-0.3, -0.25) is 4.90 Å². The van der Waals surface area contributed by atoms with Crippen molar-refractivity contribution in [3.63, 3.8) is 0 Å². The van der Waals surface area contributed by atoms with E-state index in [2.05, 4.69) is 32.6 Å². The standard InChI is InChI=1S/C11H23NO/c1-5-12(6-2)11(3,4)10-8-7-9-13-10/h10H,5-9H2,1-4H3. The Bertz CT molecular complexity index is 142. The van der Waals surface area contributed by atoms with Crippen LogP contribution in [0.5, 0.6) is 0 Å². The summed E-state index contributed by atoms with van der Waals surface area (Å²) in [6.45, 7) is 12.2. The Kier molecular flexibility index (Phi) is 3.74. The lowest BCUT2D eigenvalue weighted by molar-refractivity contribution is -0.0220. The van der Waals surface area contributed by atoms with Gasteiger partial charge in [-0.05, 0) is 39.8 Å². The molecule has 13 heavy (non-hydrogen) atoms. The van der Waals surface area contributed by atoms with Crippen molar-refractivity contribution in [1.82, 2.24) is 4.90 Å². The maximum Gasteiger partial charge on any atom is 0.0754 e. The van der Waals surface area contributed by atoms with E-state index in [0.29, 0.717) is 6.10 Å². The van der Waals surface area contributed by atoms with Crippen LogP contribution in [0.1, 0.15) is 40.5 Å². The fraction of sp³-hybridized carbons (Fsp3) is 1.00. The minimum Gasteiger partial charge on any atom is -0.376 e. The van der Waals surface area contributed by atoms with Crippen LogP contribution in [0, 0.1) is 0 Å². The number of nitrogens with zero attached hydrogens (tertiary/aromatic N) is 1. The van der Waals surface area contributed by atoms with Crippen molar-refractivity contribution >= 4 is 0 Å². The molecule has 0 saturated carbocycles. The average molecular weight is 185 g/mol. The molecule has 0 bridgehead atoms. The molecule has 1 atom stereocenters. The zero-order chi connectivity index (χ0) is 9.90. The van der Waals surface area contributed by atoms with Crippen molar-refractivity contribution in [1.29, 1.82) is 0 Å². The molecule has 0 aromatic heterocycles. The zero-order valence-electron chi connectivity index (χ0n) is 9.47. The molecule has 0 aromatic rings. The van der Waals surface area contributed by atoms with Gasteiger partial charge in [0.25, 0.3) is 0 Å². The molecule has 2 heteroatoms. The van der Waals surface area contributed by atoms with E-state index in [4.69, 9.17) is 4.74 Å². The quantitative estimate of drug-likeness (QED) is 0.666. The fourth-order valence-electron chi connectivity index (χ4n) is 2.38. The number of hydrogen-bond donors (Lipinski definition) is 0. The molecule has 1 unspecified atom stereocenters. The van der Waals surface area contributed by atoms with Gasteiger partial charge in [0.15, 0.2) is 0 Å². The smallest absolute Gasteiger partial charge is 0.0754 e. The third-order valence-electron chi connectivity index (χ3n) is 3.30. The molecule has 0 amide bonds. The summed E-state index contributed by atoms with van der Waals surface area (Å²) >= 11 is 0. The minimum absolute atomic E-state index is 0.208. The molecule has 1 fully saturated rings. The van der Waals surface area contributed by atoms with E-state index in [9.17, 15) is 0 Å². The van der Waals surface area contributed by atoms with Crippen molar-refractivity contribution < 1.29 is 4.74 Å². The Morgan fingerprint density at radius 2 is 1.92 bits per heavy atom. The zero-order valence-corrected chi connectivity index (χ0v) is 9.47. The van der Waals surface area contributed by atoms with Crippen LogP contribution in [0.25, 0.3) is 0 Å². The molecule has 0 aromatic carbocycles. The first kappa shape index (κ1) is 11.0. The summed E-state index contributed by atoms with van der Waals surface area (Å²) in [5, 5.41) is 0. The largest absolute Gasteiger partial charge is 0.376 e. The van der Waals surface area contributed by atoms with Crippen LogP contribution in [0.15, 0.2) is 0 Å². The van der Waals surface area contributed by atoms with Crippen molar-refractivity contribution in [3.05, 3.63) is 0 Å². The maximum absolute atomic E-state index is 5.76. The lowest BCUT2D eigenvalue weighted by Crippen LogP contribution is -2.52. The highest BCUT2D eigenvalue weighted by molar-refractivity contribution is 4.91. The van der Waals surface area contributed by atoms with Gasteiger partial charge >= 0.3 is 0 Å². The highest BCUT2D eigenvalue weighted by Crippen LogP contribution is 2.28. The van der Waals surface area contributed by atoms with E-state index >= 15 is 0 Å². The van der Waals surface area contributed by atoms with E-state index in [0.717, 1.165) is 19.7 Å². The van der Waals surface area contributed by atoms with Crippen LogP contribution >= 0.6 is 0 Å². The molecule has 2 nitrogen and oxygen atoms in total. The van der Waals surface area contributed by atoms with Gasteiger partial charge in [0, 0.05) is 12.1 Å². The Balaban J connectivity index is 2.60. The number of rotatable bonds is 4. The van der Waals surface area contributed by atoms with E-state index in [-0.39, 0.29) is 5.54 Å². The summed E-state index contributed by atoms with van der Waals surface area (Å²) in [7, 11) is 0. The van der Waals surface area contributed by atoms with Gasteiger partial charge in [-0.1, -0.05) is 13.8 Å². The van der Waals surface area contributed by atoms with Gasteiger partial charge in [0.05, 0.1) is 6.10 Å². The predicted molar refractivity (Wildman–Crippen MR) is 56.0 cm³/mol. The molecule has 0 N–H and O–H groups in total. The van der Waals surface area contributed by atoms with Crippen molar-refractivity contribution in [3.8, 4) is 0 Å². The highest BCUT2D eigenvalue weighted by Gasteiger charge is 2.36. The Hall–Kier alpha value is -0.0800. The minimum atomic E-state index is 0.208. The van der Waals surface area contributed by atoms with Crippen LogP contribution in [0.2, 0.25) is 0 Å². The van der Waals surface area contributed by atoms with Crippen LogP contribution in [0.4, 0.5) is 0 Å². The van der Waals surface area contributed by atoms with Crippen LogP contribution < -0.4 is 0 Å². The summed E-state index contributed by atoms with van der Waals surface area (Å²) in [5.41, 5.74) is 0.208. The topological polar surface area (TPSA) is 12.5 Å². The number of likely N-dealkylation sites (N-methyl/N-ethyl adjacent to an activating group) is 1. The van der Waals surface area contributed by atoms with E-state index in [1.54, 1.807) is 0 Å². The Morgan fingerprint density at radius 1 is 1.31 bits per heavy atom. The van der Waals surface area contributed by atoms with Gasteiger partial charge in [-0.25, -0.2) is 0 Å². The van der Waals surface area contributed by atoms with Crippen molar-refractivity contribution in [2.24, 2.45) is 0 Å². The number of hydrogen-bond acceptors (Lipinski definition) is 2. The van der Waals surface area contributed by atoms with E-state index in [1.165, 1.54) is 12.8 Å². The van der Waals surface area contributed by atoms with Gasteiger partial charge in [0.2, 0.25) is 0 Å². The molecular formula is C11H23NO. The van der Waals surface area contributed by atoms with Crippen molar-refractivity contribution in [2.45, 2.75) is 52.2 Å². The molecule has 0 aliphatic carbocycles. The van der Waals surface area contributed by atoms with Crippen LogP contribution in [-0.4, -0.2) is 36.2 Å². The molecule has 0 spiro atoms. The van der Waals surface area contributed by atoms with E-state index in [1.807, 2.05) is 0 Å². The maximum atomic E-state index is 5.76. The summed E-state index contributed by atoms with van der Waals surface area (Å²) in [5.74, 6) is 0. The lowest BCUT2D eigenvalue weighted by atomic mass is 9.93. The number of ether oxygens (including phenoxy) is 1. The molecule has 0 radical (unpaired) electrons. The fourth-order valence-corrected chi connectivity index (χ4v) is 2.38.